The summed E-state index contributed by atoms with van der Waals surface area (Å²) in [6.45, 7) is 0. The number of aromatic nitrogens is 3. The fourth-order valence-corrected chi connectivity index (χ4v) is 1.69. The van der Waals surface area contributed by atoms with Crippen LogP contribution in [0.3, 0.4) is 0 Å². The van der Waals surface area contributed by atoms with Gasteiger partial charge in [0, 0.05) is 6.07 Å². The Hall–Kier alpha value is -0.320. The highest BCUT2D eigenvalue weighted by atomic mass is 79.9. The molecule has 0 unspecified atom stereocenters. The lowest BCUT2D eigenvalue weighted by Gasteiger charge is -1.96. The van der Waals surface area contributed by atoms with Gasteiger partial charge >= 0.3 is 0 Å². The average molecular weight is 267 g/mol. The van der Waals surface area contributed by atoms with E-state index in [0.717, 1.165) is 4.47 Å². The second-order valence-electron chi connectivity index (χ2n) is 2.13. The van der Waals surface area contributed by atoms with Crippen LogP contribution in [-0.4, -0.2) is 14.6 Å². The third-order valence-electron chi connectivity index (χ3n) is 1.35. The number of nitrogens with zero attached hydrogens (tertiary/aromatic N) is 3. The fraction of sp³-hybridized carbons (Fsp3) is 0. The van der Waals surface area contributed by atoms with Crippen molar-refractivity contribution >= 4 is 44.8 Å². The predicted molar refractivity (Wildman–Crippen MR) is 50.7 cm³/mol. The van der Waals surface area contributed by atoms with Crippen molar-refractivity contribution < 1.29 is 0 Å². The molecule has 2 aromatic rings. The maximum atomic E-state index is 5.83. The minimum absolute atomic E-state index is 0.355. The van der Waals surface area contributed by atoms with Gasteiger partial charge < -0.3 is 0 Å². The molecule has 6 heteroatoms. The summed E-state index contributed by atoms with van der Waals surface area (Å²) in [6, 6.07) is 1.54. The summed E-state index contributed by atoms with van der Waals surface area (Å²) < 4.78 is 2.27. The summed E-state index contributed by atoms with van der Waals surface area (Å²) in [5, 5.41) is 4.77. The first-order valence-corrected chi connectivity index (χ1v) is 4.58. The molecular weight excluding hydrogens is 265 g/mol. The fourth-order valence-electron chi connectivity index (χ4n) is 0.872. The van der Waals surface area contributed by atoms with Gasteiger partial charge in [-0.25, -0.2) is 9.50 Å². The van der Waals surface area contributed by atoms with Crippen molar-refractivity contribution in [1.29, 1.82) is 0 Å². The predicted octanol–water partition coefficient (Wildman–Crippen LogP) is 2.80. The molecule has 0 aliphatic carbocycles. The van der Waals surface area contributed by atoms with Gasteiger partial charge in [-0.2, -0.15) is 5.10 Å². The highest BCUT2D eigenvalue weighted by molar-refractivity contribution is 9.10. The SMILES string of the molecule is Clc1cc(Cl)n2ncc(Br)c2n1. The smallest absolute Gasteiger partial charge is 0.172 e. The molecule has 0 spiro atoms. The minimum atomic E-state index is 0.355. The van der Waals surface area contributed by atoms with Crippen LogP contribution in [0.5, 0.6) is 0 Å². The molecule has 0 atom stereocenters. The van der Waals surface area contributed by atoms with Crippen molar-refractivity contribution in [2.75, 3.05) is 0 Å². The van der Waals surface area contributed by atoms with Crippen molar-refractivity contribution in [2.24, 2.45) is 0 Å². The van der Waals surface area contributed by atoms with Crippen LogP contribution in [0.2, 0.25) is 10.3 Å². The first-order chi connectivity index (χ1) is 5.68. The Morgan fingerprint density at radius 1 is 1.42 bits per heavy atom. The van der Waals surface area contributed by atoms with Crippen molar-refractivity contribution in [2.45, 2.75) is 0 Å². The number of hydrogen-bond donors (Lipinski definition) is 0. The van der Waals surface area contributed by atoms with Crippen molar-refractivity contribution in [3.63, 3.8) is 0 Å². The Morgan fingerprint density at radius 3 is 2.92 bits per heavy atom. The van der Waals surface area contributed by atoms with Gasteiger partial charge in [-0.3, -0.25) is 0 Å². The van der Waals surface area contributed by atoms with Crippen LogP contribution in [0.25, 0.3) is 5.65 Å². The summed E-state index contributed by atoms with van der Waals surface area (Å²) in [4.78, 5) is 4.03. The molecule has 2 aromatic heterocycles. The molecule has 0 fully saturated rings. The molecule has 0 amide bonds. The first kappa shape index (κ1) is 8.29. The van der Waals surface area contributed by atoms with E-state index in [9.17, 15) is 0 Å². The number of rotatable bonds is 0. The Kier molecular flexibility index (Phi) is 1.98. The van der Waals surface area contributed by atoms with E-state index in [1.165, 1.54) is 10.6 Å². The standard InChI is InChI=1S/C6H2BrCl2N3/c7-3-2-10-12-5(9)1-4(8)11-6(3)12/h1-2H. The molecular formula is C6H2BrCl2N3. The van der Waals surface area contributed by atoms with E-state index < -0.39 is 0 Å². The summed E-state index contributed by atoms with van der Waals surface area (Å²) in [6.07, 6.45) is 1.62. The number of hydrogen-bond acceptors (Lipinski definition) is 2. The van der Waals surface area contributed by atoms with E-state index in [4.69, 9.17) is 23.2 Å². The summed E-state index contributed by atoms with van der Waals surface area (Å²) in [5.41, 5.74) is 0.618. The molecule has 12 heavy (non-hydrogen) atoms. The molecule has 3 nitrogen and oxygen atoms in total. The third-order valence-corrected chi connectivity index (χ3v) is 2.38. The van der Waals surface area contributed by atoms with Gasteiger partial charge in [-0.15, -0.1) is 0 Å². The lowest BCUT2D eigenvalue weighted by atomic mass is 10.6. The van der Waals surface area contributed by atoms with Crippen LogP contribution in [0.1, 0.15) is 0 Å². The molecule has 2 rings (SSSR count). The van der Waals surface area contributed by atoms with E-state index in [0.29, 0.717) is 16.0 Å². The molecule has 62 valence electrons. The van der Waals surface area contributed by atoms with Crippen LogP contribution in [0.4, 0.5) is 0 Å². The summed E-state index contributed by atoms with van der Waals surface area (Å²) >= 11 is 14.8. The van der Waals surface area contributed by atoms with E-state index in [1.807, 2.05) is 0 Å². The molecule has 0 saturated carbocycles. The number of fused-ring (bicyclic) bond motifs is 1. The maximum absolute atomic E-state index is 5.83. The van der Waals surface area contributed by atoms with Crippen LogP contribution < -0.4 is 0 Å². The highest BCUT2D eigenvalue weighted by Gasteiger charge is 2.06. The van der Waals surface area contributed by atoms with Crippen molar-refractivity contribution in [3.8, 4) is 0 Å². The zero-order valence-corrected chi connectivity index (χ0v) is 8.73. The van der Waals surface area contributed by atoms with Crippen molar-refractivity contribution in [1.82, 2.24) is 14.6 Å². The quantitative estimate of drug-likeness (QED) is 0.687. The summed E-state index contributed by atoms with van der Waals surface area (Å²) in [7, 11) is 0. The van der Waals surface area contributed by atoms with Gasteiger partial charge in [0.1, 0.15) is 10.3 Å². The Labute approximate surface area is 86.4 Å². The number of halogens is 3. The zero-order valence-electron chi connectivity index (χ0n) is 5.63. The molecule has 0 radical (unpaired) electrons. The van der Waals surface area contributed by atoms with Crippen LogP contribution in [-0.2, 0) is 0 Å². The largest absolute Gasteiger partial charge is 0.216 e. The average Bonchev–Trinajstić information content (AvgIpc) is 2.33. The van der Waals surface area contributed by atoms with E-state index in [1.54, 1.807) is 6.20 Å². The normalized spacial score (nSPS) is 10.9. The topological polar surface area (TPSA) is 30.2 Å². The molecule has 0 N–H and O–H groups in total. The highest BCUT2D eigenvalue weighted by Crippen LogP contribution is 2.21. The van der Waals surface area contributed by atoms with Gasteiger partial charge in [0.05, 0.1) is 10.7 Å². The minimum Gasteiger partial charge on any atom is -0.216 e. The van der Waals surface area contributed by atoms with Gasteiger partial charge in [0.2, 0.25) is 0 Å². The van der Waals surface area contributed by atoms with Gasteiger partial charge in [-0.05, 0) is 15.9 Å². The Bertz CT molecular complexity index is 440. The molecule has 0 bridgehead atoms. The maximum Gasteiger partial charge on any atom is 0.172 e. The van der Waals surface area contributed by atoms with E-state index in [-0.39, 0.29) is 0 Å². The molecule has 2 heterocycles. The molecule has 0 aliphatic heterocycles. The van der Waals surface area contributed by atoms with Crippen LogP contribution in [0, 0.1) is 0 Å². The van der Waals surface area contributed by atoms with Gasteiger partial charge in [0.25, 0.3) is 0 Å². The monoisotopic (exact) mass is 265 g/mol. The lowest BCUT2D eigenvalue weighted by molar-refractivity contribution is 0.940. The van der Waals surface area contributed by atoms with Crippen molar-refractivity contribution in [3.05, 3.63) is 27.0 Å². The Balaban J connectivity index is 2.92. The molecule has 0 aromatic carbocycles. The van der Waals surface area contributed by atoms with E-state index >= 15 is 0 Å². The molecule has 0 saturated heterocycles. The second kappa shape index (κ2) is 2.87. The second-order valence-corrected chi connectivity index (χ2v) is 3.76. The first-order valence-electron chi connectivity index (χ1n) is 3.04. The van der Waals surface area contributed by atoms with E-state index in [2.05, 4.69) is 26.0 Å². The Morgan fingerprint density at radius 2 is 2.17 bits per heavy atom. The van der Waals surface area contributed by atoms with Crippen LogP contribution in [0.15, 0.2) is 16.7 Å². The zero-order chi connectivity index (χ0) is 8.72. The van der Waals surface area contributed by atoms with Gasteiger partial charge in [-0.1, -0.05) is 23.2 Å². The van der Waals surface area contributed by atoms with Crippen LogP contribution >= 0.6 is 39.1 Å². The van der Waals surface area contributed by atoms with Gasteiger partial charge in [0.15, 0.2) is 5.65 Å². The summed E-state index contributed by atoms with van der Waals surface area (Å²) in [5.74, 6) is 0. The third kappa shape index (κ3) is 1.20. The molecule has 0 aliphatic rings. The lowest BCUT2D eigenvalue weighted by Crippen LogP contribution is -1.91.